The van der Waals surface area contributed by atoms with Crippen LogP contribution in [0.4, 0.5) is 0 Å². The van der Waals surface area contributed by atoms with E-state index in [0.29, 0.717) is 13.1 Å². The van der Waals surface area contributed by atoms with Crippen LogP contribution in [0.5, 0.6) is 0 Å². The van der Waals surface area contributed by atoms with Crippen molar-refractivity contribution in [2.24, 2.45) is 0 Å². The molecule has 6 nitrogen and oxygen atoms in total. The number of nitrogens with zero attached hydrogens (tertiary/aromatic N) is 2. The van der Waals surface area contributed by atoms with E-state index in [1.54, 1.807) is 0 Å². The highest BCUT2D eigenvalue weighted by atomic mass is 32.1. The van der Waals surface area contributed by atoms with Gasteiger partial charge in [0, 0.05) is 13.1 Å². The van der Waals surface area contributed by atoms with Crippen LogP contribution >= 0.6 is 11.7 Å². The molecule has 0 unspecified atom stereocenters. The van der Waals surface area contributed by atoms with Crippen LogP contribution in [-0.4, -0.2) is 20.6 Å². The maximum atomic E-state index is 12.3. The monoisotopic (exact) mass is 352 g/mol. The number of nitrogens with one attached hydrogen (secondary N) is 2. The minimum absolute atomic E-state index is 0.0477. The first-order chi connectivity index (χ1) is 12.2. The molecule has 3 rings (SSSR count). The summed E-state index contributed by atoms with van der Waals surface area (Å²) in [7, 11) is 0. The number of carbonyl (C=O) groups excluding carboxylic acids is 2. The molecule has 0 atom stereocenters. The minimum Gasteiger partial charge on any atom is -0.347 e. The van der Waals surface area contributed by atoms with Gasteiger partial charge in [-0.1, -0.05) is 60.7 Å². The topological polar surface area (TPSA) is 84.0 Å². The van der Waals surface area contributed by atoms with E-state index < -0.39 is 11.8 Å². The van der Waals surface area contributed by atoms with Crippen molar-refractivity contribution in [3.8, 4) is 0 Å². The van der Waals surface area contributed by atoms with Gasteiger partial charge in [-0.25, -0.2) is 0 Å². The van der Waals surface area contributed by atoms with E-state index in [2.05, 4.69) is 19.4 Å². The van der Waals surface area contributed by atoms with E-state index in [0.717, 1.165) is 22.9 Å². The van der Waals surface area contributed by atoms with Crippen molar-refractivity contribution < 1.29 is 9.59 Å². The summed E-state index contributed by atoms with van der Waals surface area (Å²) in [6.07, 6.45) is 0. The van der Waals surface area contributed by atoms with Crippen LogP contribution in [0.15, 0.2) is 60.7 Å². The molecule has 1 aromatic heterocycles. The Morgan fingerprint density at radius 2 is 1.12 bits per heavy atom. The zero-order valence-electron chi connectivity index (χ0n) is 13.3. The number of amides is 2. The molecule has 2 aromatic carbocycles. The molecule has 0 bridgehead atoms. The van der Waals surface area contributed by atoms with Crippen LogP contribution < -0.4 is 10.6 Å². The summed E-state index contributed by atoms with van der Waals surface area (Å²) in [5, 5.41) is 5.51. The molecular formula is C18H16N4O2S. The molecule has 0 aliphatic heterocycles. The van der Waals surface area contributed by atoms with Gasteiger partial charge in [-0.3, -0.25) is 9.59 Å². The molecule has 0 fully saturated rings. The largest absolute Gasteiger partial charge is 0.347 e. The number of carbonyl (C=O) groups is 2. The van der Waals surface area contributed by atoms with Gasteiger partial charge >= 0.3 is 0 Å². The Labute approximate surface area is 149 Å². The van der Waals surface area contributed by atoms with Gasteiger partial charge < -0.3 is 10.6 Å². The Kier molecular flexibility index (Phi) is 5.48. The molecule has 3 aromatic rings. The Bertz CT molecular complexity index is 780. The Morgan fingerprint density at radius 3 is 1.52 bits per heavy atom. The summed E-state index contributed by atoms with van der Waals surface area (Å²) in [6, 6.07) is 19.0. The lowest BCUT2D eigenvalue weighted by molar-refractivity contribution is 0.0911. The van der Waals surface area contributed by atoms with Crippen molar-refractivity contribution in [3.05, 3.63) is 83.2 Å². The van der Waals surface area contributed by atoms with Gasteiger partial charge in [0.25, 0.3) is 11.8 Å². The van der Waals surface area contributed by atoms with E-state index in [1.165, 1.54) is 0 Å². The molecule has 0 radical (unpaired) electrons. The van der Waals surface area contributed by atoms with Crippen LogP contribution in [0.2, 0.25) is 0 Å². The number of hydrogen-bond donors (Lipinski definition) is 2. The van der Waals surface area contributed by atoms with Crippen molar-refractivity contribution in [2.45, 2.75) is 13.1 Å². The molecule has 2 N–H and O–H groups in total. The highest BCUT2D eigenvalue weighted by Crippen LogP contribution is 2.08. The van der Waals surface area contributed by atoms with E-state index >= 15 is 0 Å². The average Bonchev–Trinajstić information content (AvgIpc) is 3.16. The minimum atomic E-state index is -0.414. The summed E-state index contributed by atoms with van der Waals surface area (Å²) >= 11 is 0.845. The highest BCUT2D eigenvalue weighted by Gasteiger charge is 2.22. The zero-order valence-corrected chi connectivity index (χ0v) is 14.1. The third-order valence-electron chi connectivity index (χ3n) is 3.51. The van der Waals surface area contributed by atoms with Crippen LogP contribution in [0.25, 0.3) is 0 Å². The molecule has 0 spiro atoms. The molecule has 1 heterocycles. The average molecular weight is 352 g/mol. The van der Waals surface area contributed by atoms with Crippen molar-refractivity contribution in [1.29, 1.82) is 0 Å². The Balaban J connectivity index is 1.61. The van der Waals surface area contributed by atoms with E-state index in [-0.39, 0.29) is 11.4 Å². The first-order valence-electron chi connectivity index (χ1n) is 7.71. The maximum Gasteiger partial charge on any atom is 0.273 e. The lowest BCUT2D eigenvalue weighted by atomic mass is 10.2. The molecule has 0 saturated heterocycles. The number of hydrogen-bond acceptors (Lipinski definition) is 5. The lowest BCUT2D eigenvalue weighted by Gasteiger charge is -2.06. The normalized spacial score (nSPS) is 10.2. The molecule has 25 heavy (non-hydrogen) atoms. The standard InChI is InChI=1S/C18H16N4O2S/c23-17(19-11-13-7-3-1-4-8-13)15-16(22-25-21-15)18(24)20-12-14-9-5-2-6-10-14/h1-10H,11-12H2,(H,19,23)(H,20,24). The molecule has 126 valence electrons. The molecule has 2 amide bonds. The summed E-state index contributed by atoms with van der Waals surface area (Å²) in [5.74, 6) is -0.829. The van der Waals surface area contributed by atoms with Gasteiger partial charge in [0.2, 0.25) is 0 Å². The molecule has 0 saturated carbocycles. The zero-order chi connectivity index (χ0) is 17.5. The third-order valence-corrected chi connectivity index (χ3v) is 4.04. The molecular weight excluding hydrogens is 336 g/mol. The third kappa shape index (κ3) is 4.48. The van der Waals surface area contributed by atoms with Gasteiger partial charge in [0.05, 0.1) is 11.7 Å². The first-order valence-corrected chi connectivity index (χ1v) is 8.44. The predicted octanol–water partition coefficient (Wildman–Crippen LogP) is 2.40. The second kappa shape index (κ2) is 8.16. The number of aromatic nitrogens is 2. The second-order valence-corrected chi connectivity index (χ2v) is 5.83. The SMILES string of the molecule is O=C(NCc1ccccc1)c1nsnc1C(=O)NCc1ccccc1. The van der Waals surface area contributed by atoms with E-state index in [1.807, 2.05) is 60.7 Å². The van der Waals surface area contributed by atoms with Gasteiger partial charge in [0.15, 0.2) is 11.4 Å². The quantitative estimate of drug-likeness (QED) is 0.713. The summed E-state index contributed by atoms with van der Waals surface area (Å²) in [4.78, 5) is 24.6. The number of benzene rings is 2. The fraction of sp³-hybridized carbons (Fsp3) is 0.111. The lowest BCUT2D eigenvalue weighted by Crippen LogP contribution is -2.29. The first kappa shape index (κ1) is 16.8. The molecule has 0 aliphatic rings. The van der Waals surface area contributed by atoms with Gasteiger partial charge in [0.1, 0.15) is 0 Å². The Morgan fingerprint density at radius 1 is 0.720 bits per heavy atom. The smallest absolute Gasteiger partial charge is 0.273 e. The van der Waals surface area contributed by atoms with Crippen LogP contribution in [0.3, 0.4) is 0 Å². The van der Waals surface area contributed by atoms with Crippen molar-refractivity contribution in [2.75, 3.05) is 0 Å². The summed E-state index contributed by atoms with van der Waals surface area (Å²) in [5.41, 5.74) is 2.03. The fourth-order valence-corrected chi connectivity index (χ4v) is 2.75. The highest BCUT2D eigenvalue weighted by molar-refractivity contribution is 6.99. The fourth-order valence-electron chi connectivity index (χ4n) is 2.21. The number of rotatable bonds is 6. The van der Waals surface area contributed by atoms with E-state index in [9.17, 15) is 9.59 Å². The van der Waals surface area contributed by atoms with Crippen molar-refractivity contribution in [3.63, 3.8) is 0 Å². The summed E-state index contributed by atoms with van der Waals surface area (Å²) in [6.45, 7) is 0.727. The van der Waals surface area contributed by atoms with Crippen LogP contribution in [0.1, 0.15) is 32.1 Å². The maximum absolute atomic E-state index is 12.3. The van der Waals surface area contributed by atoms with Gasteiger partial charge in [-0.15, -0.1) is 0 Å². The molecule has 0 aliphatic carbocycles. The predicted molar refractivity (Wildman–Crippen MR) is 95.1 cm³/mol. The van der Waals surface area contributed by atoms with Gasteiger partial charge in [-0.05, 0) is 11.1 Å². The molecule has 7 heteroatoms. The van der Waals surface area contributed by atoms with Gasteiger partial charge in [-0.2, -0.15) is 8.75 Å². The Hall–Kier alpha value is -3.06. The van der Waals surface area contributed by atoms with Crippen molar-refractivity contribution >= 4 is 23.5 Å². The van der Waals surface area contributed by atoms with Crippen LogP contribution in [-0.2, 0) is 13.1 Å². The summed E-state index contributed by atoms with van der Waals surface area (Å²) < 4.78 is 7.92. The van der Waals surface area contributed by atoms with Crippen molar-refractivity contribution in [1.82, 2.24) is 19.4 Å². The van der Waals surface area contributed by atoms with E-state index in [4.69, 9.17) is 0 Å². The van der Waals surface area contributed by atoms with Crippen LogP contribution in [0, 0.1) is 0 Å². The second-order valence-electron chi connectivity index (χ2n) is 5.30.